The zero-order chi connectivity index (χ0) is 17.0. The molecule has 5 heteroatoms. The summed E-state index contributed by atoms with van der Waals surface area (Å²) in [5.41, 5.74) is 2.34. The number of benzene rings is 2. The number of carbonyl (C=O) groups excluding carboxylic acids is 1. The number of methoxy groups -OCH3 is 1. The average molecular weight is 333 g/mol. The SMILES string of the molecule is COc1ccc(C(C)(C)C)cc1NC(=O)Nc1cccc(Cl)c1. The van der Waals surface area contributed by atoms with Gasteiger partial charge >= 0.3 is 6.03 Å². The van der Waals surface area contributed by atoms with Gasteiger partial charge in [-0.2, -0.15) is 0 Å². The van der Waals surface area contributed by atoms with Gasteiger partial charge in [-0.3, -0.25) is 0 Å². The third-order valence-electron chi connectivity index (χ3n) is 3.40. The molecule has 2 N–H and O–H groups in total. The molecule has 0 unspecified atom stereocenters. The lowest BCUT2D eigenvalue weighted by molar-refractivity contribution is 0.262. The molecule has 2 rings (SSSR count). The molecule has 0 aliphatic heterocycles. The van der Waals surface area contributed by atoms with E-state index in [0.717, 1.165) is 5.56 Å². The van der Waals surface area contributed by atoms with Crippen LogP contribution in [-0.4, -0.2) is 13.1 Å². The lowest BCUT2D eigenvalue weighted by atomic mass is 9.87. The molecule has 4 nitrogen and oxygen atoms in total. The first-order chi connectivity index (χ1) is 10.8. The van der Waals surface area contributed by atoms with E-state index in [1.54, 1.807) is 31.4 Å². The smallest absolute Gasteiger partial charge is 0.323 e. The first kappa shape index (κ1) is 17.2. The summed E-state index contributed by atoms with van der Waals surface area (Å²) in [7, 11) is 1.58. The average Bonchev–Trinajstić information content (AvgIpc) is 2.46. The highest BCUT2D eigenvalue weighted by Gasteiger charge is 2.17. The van der Waals surface area contributed by atoms with Crippen molar-refractivity contribution < 1.29 is 9.53 Å². The zero-order valence-electron chi connectivity index (χ0n) is 13.7. The molecule has 0 aliphatic rings. The van der Waals surface area contributed by atoms with Crippen molar-refractivity contribution in [1.82, 2.24) is 0 Å². The molecule has 0 saturated carbocycles. The molecule has 2 amide bonds. The predicted molar refractivity (Wildman–Crippen MR) is 95.8 cm³/mol. The highest BCUT2D eigenvalue weighted by atomic mass is 35.5. The number of carbonyl (C=O) groups is 1. The summed E-state index contributed by atoms with van der Waals surface area (Å²) in [5, 5.41) is 6.14. The van der Waals surface area contributed by atoms with E-state index in [9.17, 15) is 4.79 Å². The van der Waals surface area contributed by atoms with E-state index in [0.29, 0.717) is 22.1 Å². The molecule has 0 radical (unpaired) electrons. The monoisotopic (exact) mass is 332 g/mol. The van der Waals surface area contributed by atoms with E-state index >= 15 is 0 Å². The van der Waals surface area contributed by atoms with Gasteiger partial charge in [-0.1, -0.05) is 44.5 Å². The number of rotatable bonds is 3. The number of nitrogens with one attached hydrogen (secondary N) is 2. The Morgan fingerprint density at radius 1 is 1.09 bits per heavy atom. The minimum Gasteiger partial charge on any atom is -0.495 e. The van der Waals surface area contributed by atoms with Crippen LogP contribution < -0.4 is 15.4 Å². The van der Waals surface area contributed by atoms with Gasteiger partial charge in [0.15, 0.2) is 0 Å². The molecule has 122 valence electrons. The normalized spacial score (nSPS) is 11.0. The Kier molecular flexibility index (Phi) is 5.16. The quantitative estimate of drug-likeness (QED) is 0.802. The van der Waals surface area contributed by atoms with Gasteiger partial charge in [-0.25, -0.2) is 4.79 Å². The summed E-state index contributed by atoms with van der Waals surface area (Å²) in [4.78, 5) is 12.2. The van der Waals surface area contributed by atoms with Crippen LogP contribution in [0.15, 0.2) is 42.5 Å². The third-order valence-corrected chi connectivity index (χ3v) is 3.63. The maximum Gasteiger partial charge on any atom is 0.323 e. The second-order valence-electron chi connectivity index (χ2n) is 6.25. The fourth-order valence-corrected chi connectivity index (χ4v) is 2.31. The summed E-state index contributed by atoms with van der Waals surface area (Å²) in [6.45, 7) is 6.35. The van der Waals surface area contributed by atoms with E-state index in [4.69, 9.17) is 16.3 Å². The number of amides is 2. The number of hydrogen-bond acceptors (Lipinski definition) is 2. The number of ether oxygens (including phenoxy) is 1. The lowest BCUT2D eigenvalue weighted by Gasteiger charge is -2.21. The Hall–Kier alpha value is -2.20. The second-order valence-corrected chi connectivity index (χ2v) is 6.69. The number of halogens is 1. The number of hydrogen-bond donors (Lipinski definition) is 2. The molecule has 0 bridgehead atoms. The van der Waals surface area contributed by atoms with E-state index in [1.807, 2.05) is 18.2 Å². The van der Waals surface area contributed by atoms with Crippen LogP contribution in [0.3, 0.4) is 0 Å². The fraction of sp³-hybridized carbons (Fsp3) is 0.278. The second kappa shape index (κ2) is 6.92. The van der Waals surface area contributed by atoms with Crippen LogP contribution in [0.2, 0.25) is 5.02 Å². The zero-order valence-corrected chi connectivity index (χ0v) is 14.5. The predicted octanol–water partition coefficient (Wildman–Crippen LogP) is 5.29. The van der Waals surface area contributed by atoms with Crippen molar-refractivity contribution in [2.75, 3.05) is 17.7 Å². The third kappa shape index (κ3) is 4.63. The summed E-state index contributed by atoms with van der Waals surface area (Å²) < 4.78 is 5.32. The van der Waals surface area contributed by atoms with Crippen LogP contribution in [0.5, 0.6) is 5.75 Å². The Labute approximate surface area is 141 Å². The van der Waals surface area contributed by atoms with Gasteiger partial charge in [0.1, 0.15) is 5.75 Å². The molecular weight excluding hydrogens is 312 g/mol. The van der Waals surface area contributed by atoms with Gasteiger partial charge in [0.05, 0.1) is 12.8 Å². The van der Waals surface area contributed by atoms with Crippen molar-refractivity contribution in [3.63, 3.8) is 0 Å². The highest BCUT2D eigenvalue weighted by molar-refractivity contribution is 6.30. The van der Waals surface area contributed by atoms with Crippen molar-refractivity contribution in [2.45, 2.75) is 26.2 Å². The number of anilines is 2. The van der Waals surface area contributed by atoms with Crippen LogP contribution in [0.25, 0.3) is 0 Å². The molecule has 0 fully saturated rings. The van der Waals surface area contributed by atoms with Gasteiger partial charge < -0.3 is 15.4 Å². The molecule has 2 aromatic carbocycles. The lowest BCUT2D eigenvalue weighted by Crippen LogP contribution is -2.20. The first-order valence-electron chi connectivity index (χ1n) is 7.31. The van der Waals surface area contributed by atoms with Crippen LogP contribution in [0, 0.1) is 0 Å². The van der Waals surface area contributed by atoms with Crippen molar-refractivity contribution in [1.29, 1.82) is 0 Å². The molecule has 0 spiro atoms. The number of urea groups is 1. The molecular formula is C18H21ClN2O2. The van der Waals surface area contributed by atoms with Crippen LogP contribution in [0.4, 0.5) is 16.2 Å². The molecule has 0 aliphatic carbocycles. The molecule has 0 heterocycles. The molecule has 0 aromatic heterocycles. The summed E-state index contributed by atoms with van der Waals surface area (Å²) >= 11 is 5.92. The minimum atomic E-state index is -0.350. The van der Waals surface area contributed by atoms with E-state index in [-0.39, 0.29) is 11.4 Å². The highest BCUT2D eigenvalue weighted by Crippen LogP contribution is 2.31. The van der Waals surface area contributed by atoms with Gasteiger partial charge in [0.2, 0.25) is 0 Å². The van der Waals surface area contributed by atoms with E-state index < -0.39 is 0 Å². The Morgan fingerprint density at radius 3 is 2.43 bits per heavy atom. The van der Waals surface area contributed by atoms with Crippen molar-refractivity contribution in [3.8, 4) is 5.75 Å². The first-order valence-corrected chi connectivity index (χ1v) is 7.69. The van der Waals surface area contributed by atoms with Gasteiger partial charge in [0, 0.05) is 10.7 Å². The van der Waals surface area contributed by atoms with Gasteiger partial charge in [0.25, 0.3) is 0 Å². The van der Waals surface area contributed by atoms with Crippen LogP contribution >= 0.6 is 11.6 Å². The molecule has 0 saturated heterocycles. The molecule has 2 aromatic rings. The fourth-order valence-electron chi connectivity index (χ4n) is 2.12. The maximum atomic E-state index is 12.2. The van der Waals surface area contributed by atoms with Crippen LogP contribution in [-0.2, 0) is 5.41 Å². The maximum absolute atomic E-state index is 12.2. The Bertz CT molecular complexity index is 708. The van der Waals surface area contributed by atoms with Crippen molar-refractivity contribution in [2.24, 2.45) is 0 Å². The van der Waals surface area contributed by atoms with E-state index in [2.05, 4.69) is 31.4 Å². The van der Waals surface area contributed by atoms with Gasteiger partial charge in [-0.15, -0.1) is 0 Å². The Balaban J connectivity index is 2.19. The summed E-state index contributed by atoms with van der Waals surface area (Å²) in [6, 6.07) is 12.4. The van der Waals surface area contributed by atoms with Crippen molar-refractivity contribution >= 4 is 29.0 Å². The Morgan fingerprint density at radius 2 is 1.83 bits per heavy atom. The minimum absolute atomic E-state index is 0.0217. The molecule has 23 heavy (non-hydrogen) atoms. The molecule has 0 atom stereocenters. The summed E-state index contributed by atoms with van der Waals surface area (Å²) in [6.07, 6.45) is 0. The van der Waals surface area contributed by atoms with Crippen LogP contribution in [0.1, 0.15) is 26.3 Å². The topological polar surface area (TPSA) is 50.4 Å². The summed E-state index contributed by atoms with van der Waals surface area (Å²) in [5.74, 6) is 0.610. The standard InChI is InChI=1S/C18H21ClN2O2/c1-18(2,3)12-8-9-16(23-4)15(10-12)21-17(22)20-14-7-5-6-13(19)11-14/h5-11H,1-4H3,(H2,20,21,22). The largest absolute Gasteiger partial charge is 0.495 e. The van der Waals surface area contributed by atoms with Crippen molar-refractivity contribution in [3.05, 3.63) is 53.1 Å². The van der Waals surface area contributed by atoms with Gasteiger partial charge in [-0.05, 0) is 41.3 Å². The van der Waals surface area contributed by atoms with E-state index in [1.165, 1.54) is 0 Å².